The predicted molar refractivity (Wildman–Crippen MR) is 122 cm³/mol. The van der Waals surface area contributed by atoms with Crippen molar-refractivity contribution in [3.63, 3.8) is 0 Å². The second kappa shape index (κ2) is 9.51. The van der Waals surface area contributed by atoms with E-state index in [0.29, 0.717) is 12.6 Å². The number of nitrogens with one attached hydrogen (secondary N) is 1. The molecule has 2 atom stereocenters. The summed E-state index contributed by atoms with van der Waals surface area (Å²) in [6.45, 7) is 4.56. The summed E-state index contributed by atoms with van der Waals surface area (Å²) in [5, 5.41) is 3.34. The second-order valence-corrected chi connectivity index (χ2v) is 9.16. The Bertz CT molecular complexity index is 847. The molecule has 1 N–H and O–H groups in total. The van der Waals surface area contributed by atoms with E-state index in [1.807, 2.05) is 6.07 Å². The quantitative estimate of drug-likeness (QED) is 0.780. The minimum atomic E-state index is -0.431. The molecular weight excluding hydrogens is 386 g/mol. The zero-order chi connectivity index (χ0) is 21.0. The number of ether oxygens (including phenoxy) is 1. The van der Waals surface area contributed by atoms with E-state index in [1.54, 1.807) is 0 Å². The molecule has 3 fully saturated rings. The van der Waals surface area contributed by atoms with Crippen LogP contribution in [0.25, 0.3) is 0 Å². The average molecular weight is 420 g/mol. The first kappa shape index (κ1) is 20.7. The van der Waals surface area contributed by atoms with Crippen LogP contribution in [-0.2, 0) is 16.1 Å². The van der Waals surface area contributed by atoms with Gasteiger partial charge in [-0.15, -0.1) is 0 Å². The Morgan fingerprint density at radius 3 is 2.26 bits per heavy atom. The zero-order valence-electron chi connectivity index (χ0n) is 18.2. The van der Waals surface area contributed by atoms with E-state index in [4.69, 9.17) is 4.74 Å². The summed E-state index contributed by atoms with van der Waals surface area (Å²) in [5.74, 6) is 0.0562. The van der Waals surface area contributed by atoms with Gasteiger partial charge in [0, 0.05) is 38.3 Å². The van der Waals surface area contributed by atoms with Crippen LogP contribution in [-0.4, -0.2) is 60.1 Å². The largest absolute Gasteiger partial charge is 0.365 e. The van der Waals surface area contributed by atoms with Crippen LogP contribution < -0.4 is 5.32 Å². The molecule has 0 bridgehead atoms. The number of carbonyl (C=O) groups is 1. The third-order valence-corrected chi connectivity index (χ3v) is 6.89. The monoisotopic (exact) mass is 419 g/mol. The number of morpholine rings is 1. The van der Waals surface area contributed by atoms with Gasteiger partial charge in [-0.2, -0.15) is 0 Å². The highest BCUT2D eigenvalue weighted by atomic mass is 16.5. The van der Waals surface area contributed by atoms with Crippen LogP contribution in [0.15, 0.2) is 60.7 Å². The van der Waals surface area contributed by atoms with Gasteiger partial charge in [-0.1, -0.05) is 60.7 Å². The van der Waals surface area contributed by atoms with Gasteiger partial charge in [0.25, 0.3) is 5.91 Å². The summed E-state index contributed by atoms with van der Waals surface area (Å²) >= 11 is 0. The first-order valence-electron chi connectivity index (χ1n) is 11.8. The first-order chi connectivity index (χ1) is 15.3. The number of hydrogen-bond donors (Lipinski definition) is 1. The lowest BCUT2D eigenvalue weighted by Crippen LogP contribution is -2.55. The number of nitrogens with zero attached hydrogens (tertiary/aromatic N) is 2. The fourth-order valence-electron chi connectivity index (χ4n) is 5.10. The van der Waals surface area contributed by atoms with Gasteiger partial charge in [0.1, 0.15) is 0 Å². The Morgan fingerprint density at radius 1 is 0.903 bits per heavy atom. The highest BCUT2D eigenvalue weighted by Gasteiger charge is 2.44. The number of amides is 1. The highest BCUT2D eigenvalue weighted by Crippen LogP contribution is 2.39. The zero-order valence-corrected chi connectivity index (χ0v) is 18.2. The Balaban J connectivity index is 1.20. The Kier molecular flexibility index (Phi) is 6.35. The number of carbonyl (C=O) groups excluding carboxylic acids is 1. The smallest absolute Gasteiger partial charge is 0.251 e. The number of hydrogen-bond acceptors (Lipinski definition) is 4. The van der Waals surface area contributed by atoms with Crippen molar-refractivity contribution in [3.8, 4) is 0 Å². The lowest BCUT2D eigenvalue weighted by molar-refractivity contribution is -0.147. The van der Waals surface area contributed by atoms with Crippen molar-refractivity contribution in [1.29, 1.82) is 0 Å². The van der Waals surface area contributed by atoms with Crippen LogP contribution in [0.1, 0.15) is 42.9 Å². The van der Waals surface area contributed by atoms with Crippen molar-refractivity contribution in [2.45, 2.75) is 56.5 Å². The fourth-order valence-corrected chi connectivity index (χ4v) is 5.10. The molecule has 164 valence electrons. The summed E-state index contributed by atoms with van der Waals surface area (Å²) in [6.07, 6.45) is 4.02. The maximum absolute atomic E-state index is 13.3. The van der Waals surface area contributed by atoms with E-state index >= 15 is 0 Å². The third-order valence-electron chi connectivity index (χ3n) is 6.89. The van der Waals surface area contributed by atoms with Gasteiger partial charge in [-0.3, -0.25) is 14.6 Å². The fraction of sp³-hybridized carbons (Fsp3) is 0.500. The van der Waals surface area contributed by atoms with Gasteiger partial charge >= 0.3 is 0 Å². The molecular formula is C26H33N3O2. The van der Waals surface area contributed by atoms with Crippen LogP contribution in [0, 0.1) is 0 Å². The number of likely N-dealkylation sites (tertiary alicyclic amines) is 1. The standard InChI is InChI=1S/C26H33N3O2/c30-26(27-22-13-15-28(16-14-22)19-20-7-3-1-4-8-20)25-24(21-9-5-2-6-10-21)29(17-18-31-25)23-11-12-23/h1-10,22-25H,11-19H2,(H,27,30)/t24-,25+/m0/s1. The van der Waals surface area contributed by atoms with Gasteiger partial charge < -0.3 is 10.1 Å². The predicted octanol–water partition coefficient (Wildman–Crippen LogP) is 3.37. The van der Waals surface area contributed by atoms with E-state index in [1.165, 1.54) is 24.0 Å². The minimum absolute atomic E-state index is 0.0145. The molecule has 2 aromatic rings. The molecule has 5 rings (SSSR count). The van der Waals surface area contributed by atoms with E-state index in [-0.39, 0.29) is 18.0 Å². The van der Waals surface area contributed by atoms with Crippen molar-refractivity contribution < 1.29 is 9.53 Å². The van der Waals surface area contributed by atoms with Crippen LogP contribution in [0.3, 0.4) is 0 Å². The third kappa shape index (κ3) is 5.00. The Hall–Kier alpha value is -2.21. The van der Waals surface area contributed by atoms with Crippen molar-refractivity contribution in [1.82, 2.24) is 15.1 Å². The van der Waals surface area contributed by atoms with Crippen molar-refractivity contribution in [2.24, 2.45) is 0 Å². The molecule has 5 nitrogen and oxygen atoms in total. The van der Waals surface area contributed by atoms with Crippen LogP contribution in [0.4, 0.5) is 0 Å². The number of piperidine rings is 1. The molecule has 1 saturated carbocycles. The molecule has 31 heavy (non-hydrogen) atoms. The molecule has 0 aromatic heterocycles. The van der Waals surface area contributed by atoms with Crippen LogP contribution in [0.5, 0.6) is 0 Å². The second-order valence-electron chi connectivity index (χ2n) is 9.16. The Morgan fingerprint density at radius 2 is 1.58 bits per heavy atom. The van der Waals surface area contributed by atoms with Gasteiger partial charge in [0.05, 0.1) is 12.6 Å². The highest BCUT2D eigenvalue weighted by molar-refractivity contribution is 5.82. The topological polar surface area (TPSA) is 44.8 Å². The molecule has 2 aliphatic heterocycles. The summed E-state index contributed by atoms with van der Waals surface area (Å²) in [7, 11) is 0. The molecule has 3 aliphatic rings. The molecule has 2 aromatic carbocycles. The van der Waals surface area contributed by atoms with Gasteiger partial charge in [0.2, 0.25) is 0 Å². The summed E-state index contributed by atoms with van der Waals surface area (Å²) in [6, 6.07) is 21.9. The summed E-state index contributed by atoms with van der Waals surface area (Å²) < 4.78 is 6.09. The van der Waals surface area contributed by atoms with E-state index in [2.05, 4.69) is 69.7 Å². The number of benzene rings is 2. The maximum atomic E-state index is 13.3. The molecule has 1 aliphatic carbocycles. The molecule has 2 saturated heterocycles. The van der Waals surface area contributed by atoms with Gasteiger partial charge in [-0.25, -0.2) is 0 Å². The van der Waals surface area contributed by atoms with E-state index in [0.717, 1.165) is 39.0 Å². The normalized spacial score (nSPS) is 25.9. The van der Waals surface area contributed by atoms with E-state index < -0.39 is 6.10 Å². The van der Waals surface area contributed by atoms with Gasteiger partial charge in [0.15, 0.2) is 6.10 Å². The number of rotatable bonds is 6. The van der Waals surface area contributed by atoms with Crippen molar-refractivity contribution >= 4 is 5.91 Å². The van der Waals surface area contributed by atoms with Crippen molar-refractivity contribution in [2.75, 3.05) is 26.2 Å². The molecule has 0 spiro atoms. The molecule has 0 radical (unpaired) electrons. The molecule has 0 unspecified atom stereocenters. The SMILES string of the molecule is O=C(NC1CCN(Cc2ccccc2)CC1)[C@@H]1OCCN(C2CC2)[C@H]1c1ccccc1. The minimum Gasteiger partial charge on any atom is -0.365 e. The summed E-state index contributed by atoms with van der Waals surface area (Å²) in [4.78, 5) is 18.3. The lowest BCUT2D eigenvalue weighted by atomic mass is 9.96. The average Bonchev–Trinajstić information content (AvgIpc) is 3.67. The first-order valence-corrected chi connectivity index (χ1v) is 11.8. The van der Waals surface area contributed by atoms with Gasteiger partial charge in [-0.05, 0) is 36.8 Å². The molecule has 5 heteroatoms. The van der Waals surface area contributed by atoms with Crippen molar-refractivity contribution in [3.05, 3.63) is 71.8 Å². The molecule has 2 heterocycles. The summed E-state index contributed by atoms with van der Waals surface area (Å²) in [5.41, 5.74) is 2.54. The Labute approximate surface area is 185 Å². The molecule has 1 amide bonds. The maximum Gasteiger partial charge on any atom is 0.251 e. The van der Waals surface area contributed by atoms with Crippen LogP contribution in [0.2, 0.25) is 0 Å². The van der Waals surface area contributed by atoms with E-state index in [9.17, 15) is 4.79 Å². The lowest BCUT2D eigenvalue weighted by Gasteiger charge is -2.42. The van der Waals surface area contributed by atoms with Crippen LogP contribution >= 0.6 is 0 Å².